The molecule has 1 aromatic heterocycles. The van der Waals surface area contributed by atoms with Crippen molar-refractivity contribution < 1.29 is 4.79 Å². The van der Waals surface area contributed by atoms with Crippen LogP contribution < -0.4 is 11.3 Å². The molecule has 0 fully saturated rings. The number of carbonyl (C=O) groups excluding carboxylic acids is 1. The van der Waals surface area contributed by atoms with E-state index in [1.165, 1.54) is 4.90 Å². The van der Waals surface area contributed by atoms with Gasteiger partial charge in [0.25, 0.3) is 5.91 Å². The van der Waals surface area contributed by atoms with Gasteiger partial charge in [0.1, 0.15) is 0 Å². The number of carbonyl (C=O) groups is 1. The normalized spacial score (nSPS) is 10.5. The highest BCUT2D eigenvalue weighted by Gasteiger charge is 2.13. The number of hydrogen-bond acceptors (Lipinski definition) is 5. The monoisotopic (exact) mass is 381 g/mol. The van der Waals surface area contributed by atoms with Crippen LogP contribution in [0.3, 0.4) is 0 Å². The molecule has 0 spiro atoms. The third kappa shape index (κ3) is 5.11. The highest BCUT2D eigenvalue weighted by molar-refractivity contribution is 7.98. The van der Waals surface area contributed by atoms with Gasteiger partial charge in [0.15, 0.2) is 0 Å². The summed E-state index contributed by atoms with van der Waals surface area (Å²) in [6.45, 7) is 0. The summed E-state index contributed by atoms with van der Waals surface area (Å²) in [5, 5.41) is 0. The van der Waals surface area contributed by atoms with Crippen molar-refractivity contribution >= 4 is 29.4 Å². The number of rotatable bonds is 7. The van der Waals surface area contributed by atoms with Gasteiger partial charge in [-0.2, -0.15) is 0 Å². The molecule has 0 aliphatic heterocycles. The van der Waals surface area contributed by atoms with E-state index in [0.29, 0.717) is 11.3 Å². The van der Waals surface area contributed by atoms with Gasteiger partial charge in [0.2, 0.25) is 0 Å². The molecule has 0 atom stereocenters. The largest absolute Gasteiger partial charge is 0.290 e. The van der Waals surface area contributed by atoms with Crippen LogP contribution in [-0.4, -0.2) is 10.9 Å². The molecule has 3 N–H and O–H groups in total. The number of benzene rings is 2. The van der Waals surface area contributed by atoms with Crippen molar-refractivity contribution in [1.29, 1.82) is 0 Å². The summed E-state index contributed by atoms with van der Waals surface area (Å²) in [4.78, 5) is 19.1. The molecule has 0 bridgehead atoms. The maximum atomic E-state index is 12.0. The van der Waals surface area contributed by atoms with Gasteiger partial charge in [0.05, 0.1) is 17.0 Å². The number of pyridine rings is 1. The van der Waals surface area contributed by atoms with Gasteiger partial charge < -0.3 is 0 Å². The lowest BCUT2D eigenvalue weighted by Crippen LogP contribution is -2.31. The lowest BCUT2D eigenvalue weighted by Gasteiger charge is -2.10. The molecule has 26 heavy (non-hydrogen) atoms. The number of nitrogens with zero attached hydrogens (tertiary/aromatic N) is 1. The molecule has 132 valence electrons. The predicted molar refractivity (Wildman–Crippen MR) is 108 cm³/mol. The van der Waals surface area contributed by atoms with Crippen LogP contribution in [0.15, 0.2) is 82.6 Å². The molecular formula is C20H19N3OS2. The number of nitrogens with two attached hydrogens (primary N) is 1. The summed E-state index contributed by atoms with van der Waals surface area (Å²) in [5.41, 5.74) is 4.41. The van der Waals surface area contributed by atoms with E-state index in [4.69, 9.17) is 10.8 Å². The molecular weight excluding hydrogens is 362 g/mol. The van der Waals surface area contributed by atoms with E-state index in [9.17, 15) is 4.79 Å². The average molecular weight is 382 g/mol. The lowest BCUT2D eigenvalue weighted by molar-refractivity contribution is 0.0952. The molecule has 3 aromatic rings. The Balaban J connectivity index is 1.76. The molecule has 2 aromatic carbocycles. The minimum Gasteiger partial charge on any atom is -0.290 e. The lowest BCUT2D eigenvalue weighted by atomic mass is 10.2. The smallest absolute Gasteiger partial charge is 0.267 e. The molecule has 0 radical (unpaired) electrons. The fraction of sp³-hybridized carbons (Fsp3) is 0.100. The van der Waals surface area contributed by atoms with E-state index in [1.807, 2.05) is 54.6 Å². The summed E-state index contributed by atoms with van der Waals surface area (Å²) in [6, 6.07) is 23.9. The average Bonchev–Trinajstić information content (AvgIpc) is 2.71. The molecule has 1 amide bonds. The van der Waals surface area contributed by atoms with Crippen LogP contribution >= 0.6 is 23.5 Å². The highest BCUT2D eigenvalue weighted by Crippen LogP contribution is 2.26. The first-order valence-corrected chi connectivity index (χ1v) is 10.1. The first-order valence-electron chi connectivity index (χ1n) is 8.11. The van der Waals surface area contributed by atoms with Crippen LogP contribution in [0.4, 0.5) is 0 Å². The highest BCUT2D eigenvalue weighted by atomic mass is 32.2. The van der Waals surface area contributed by atoms with Crippen molar-refractivity contribution in [3.63, 3.8) is 0 Å². The van der Waals surface area contributed by atoms with Gasteiger partial charge >= 0.3 is 0 Å². The van der Waals surface area contributed by atoms with Gasteiger partial charge in [-0.1, -0.05) is 36.4 Å². The quantitative estimate of drug-likeness (QED) is 0.277. The number of nitrogens with one attached hydrogen (secondary N) is 1. The molecule has 1 heterocycles. The Morgan fingerprint density at radius 3 is 2.00 bits per heavy atom. The van der Waals surface area contributed by atoms with E-state index in [2.05, 4.69) is 17.6 Å². The van der Waals surface area contributed by atoms with Gasteiger partial charge in [-0.3, -0.25) is 15.2 Å². The fourth-order valence-electron chi connectivity index (χ4n) is 2.36. The van der Waals surface area contributed by atoms with Crippen molar-refractivity contribution in [2.75, 3.05) is 0 Å². The van der Waals surface area contributed by atoms with Crippen molar-refractivity contribution in [1.82, 2.24) is 10.4 Å². The van der Waals surface area contributed by atoms with Gasteiger partial charge in [-0.15, -0.1) is 23.5 Å². The minimum absolute atomic E-state index is 0.316. The Bertz CT molecular complexity index is 857. The van der Waals surface area contributed by atoms with Crippen molar-refractivity contribution in [2.24, 2.45) is 5.84 Å². The first kappa shape index (κ1) is 18.5. The summed E-state index contributed by atoms with van der Waals surface area (Å²) < 4.78 is 0. The summed E-state index contributed by atoms with van der Waals surface area (Å²) in [5.74, 6) is 6.35. The molecule has 4 nitrogen and oxygen atoms in total. The van der Waals surface area contributed by atoms with Crippen LogP contribution in [0.25, 0.3) is 0 Å². The van der Waals surface area contributed by atoms with Gasteiger partial charge in [-0.05, 0) is 36.4 Å². The van der Waals surface area contributed by atoms with Crippen LogP contribution in [0.5, 0.6) is 0 Å². The zero-order valence-corrected chi connectivity index (χ0v) is 15.7. The number of hydrogen-bond donors (Lipinski definition) is 2. The summed E-state index contributed by atoms with van der Waals surface area (Å²) in [7, 11) is 0. The van der Waals surface area contributed by atoms with Gasteiger partial charge in [0, 0.05) is 21.3 Å². The zero-order valence-electron chi connectivity index (χ0n) is 14.1. The Hall–Kier alpha value is -2.28. The van der Waals surface area contributed by atoms with E-state index in [1.54, 1.807) is 29.6 Å². The fourth-order valence-corrected chi connectivity index (χ4v) is 4.06. The van der Waals surface area contributed by atoms with Crippen molar-refractivity contribution in [3.05, 3.63) is 89.7 Å². The van der Waals surface area contributed by atoms with Crippen LogP contribution in [-0.2, 0) is 11.5 Å². The second-order valence-electron chi connectivity index (χ2n) is 5.47. The van der Waals surface area contributed by atoms with E-state index in [-0.39, 0.29) is 5.91 Å². The molecule has 0 saturated carbocycles. The van der Waals surface area contributed by atoms with Gasteiger partial charge in [-0.25, -0.2) is 5.84 Å². The Morgan fingerprint density at radius 1 is 0.846 bits per heavy atom. The maximum absolute atomic E-state index is 12.0. The van der Waals surface area contributed by atoms with E-state index >= 15 is 0 Å². The Kier molecular flexibility index (Phi) is 6.71. The number of aromatic nitrogens is 1. The number of nitrogen functional groups attached to an aromatic ring is 1. The van der Waals surface area contributed by atoms with E-state index < -0.39 is 0 Å². The number of amides is 1. The molecule has 0 aliphatic rings. The molecule has 0 aliphatic carbocycles. The van der Waals surface area contributed by atoms with Crippen molar-refractivity contribution in [3.8, 4) is 0 Å². The van der Waals surface area contributed by atoms with Crippen LogP contribution in [0.2, 0.25) is 0 Å². The first-order chi connectivity index (χ1) is 12.8. The van der Waals surface area contributed by atoms with E-state index in [0.717, 1.165) is 22.0 Å². The predicted octanol–water partition coefficient (Wildman–Crippen LogP) is 4.27. The van der Waals surface area contributed by atoms with Crippen LogP contribution in [0.1, 0.15) is 21.7 Å². The second kappa shape index (κ2) is 9.43. The molecule has 6 heteroatoms. The number of hydrazine groups is 1. The molecule has 0 saturated heterocycles. The number of thioether (sulfide) groups is 2. The summed E-state index contributed by atoms with van der Waals surface area (Å²) >= 11 is 3.37. The molecule has 0 unspecified atom stereocenters. The maximum Gasteiger partial charge on any atom is 0.267 e. The Morgan fingerprint density at radius 2 is 1.42 bits per heavy atom. The standard InChI is InChI=1S/C20H19N3OS2/c21-23-20(24)18-12-11-15(13-25-16-7-3-1-4-8-16)22-19(18)14-26-17-9-5-2-6-10-17/h1-12H,13-14,21H2,(H,23,24). The summed E-state index contributed by atoms with van der Waals surface area (Å²) in [6.07, 6.45) is 0. The zero-order chi connectivity index (χ0) is 18.2. The SMILES string of the molecule is NNC(=O)c1ccc(CSc2ccccc2)nc1CSc1ccccc1. The second-order valence-corrected chi connectivity index (χ2v) is 7.57. The van der Waals surface area contributed by atoms with Crippen molar-refractivity contribution in [2.45, 2.75) is 21.3 Å². The third-order valence-corrected chi connectivity index (χ3v) is 5.73. The topological polar surface area (TPSA) is 68.0 Å². The minimum atomic E-state index is -0.316. The van der Waals surface area contributed by atoms with Crippen LogP contribution in [0, 0.1) is 0 Å². The Labute approximate surface area is 161 Å². The third-order valence-electron chi connectivity index (χ3n) is 3.66. The molecule has 3 rings (SSSR count).